The van der Waals surface area contributed by atoms with E-state index < -0.39 is 5.97 Å². The minimum absolute atomic E-state index is 0.0267. The lowest BCUT2D eigenvalue weighted by Crippen LogP contribution is -2.00. The van der Waals surface area contributed by atoms with Crippen molar-refractivity contribution in [3.63, 3.8) is 0 Å². The van der Waals surface area contributed by atoms with Crippen molar-refractivity contribution in [1.82, 2.24) is 4.98 Å². The minimum atomic E-state index is -1.07. The molecule has 0 amide bonds. The SMILES string of the molecule is CCCOc1ccc(Oc2ccncc2C(=O)O)cc1. The molecule has 5 heteroatoms. The summed E-state index contributed by atoms with van der Waals surface area (Å²) < 4.78 is 11.0. The monoisotopic (exact) mass is 273 g/mol. The minimum Gasteiger partial charge on any atom is -0.494 e. The quantitative estimate of drug-likeness (QED) is 0.874. The van der Waals surface area contributed by atoms with Gasteiger partial charge in [0, 0.05) is 18.5 Å². The largest absolute Gasteiger partial charge is 0.494 e. The van der Waals surface area contributed by atoms with E-state index in [0.717, 1.165) is 12.2 Å². The third-order valence-corrected chi connectivity index (χ3v) is 2.54. The Morgan fingerprint density at radius 1 is 1.20 bits per heavy atom. The number of rotatable bonds is 6. The Hall–Kier alpha value is -2.56. The molecular formula is C15H15NO4. The van der Waals surface area contributed by atoms with Gasteiger partial charge in [0.05, 0.1) is 6.61 Å². The van der Waals surface area contributed by atoms with Gasteiger partial charge in [0.2, 0.25) is 0 Å². The number of aromatic carboxylic acids is 1. The van der Waals surface area contributed by atoms with Gasteiger partial charge in [-0.15, -0.1) is 0 Å². The number of hydrogen-bond acceptors (Lipinski definition) is 4. The number of benzene rings is 1. The van der Waals surface area contributed by atoms with Crippen molar-refractivity contribution in [3.8, 4) is 17.2 Å². The second-order valence-electron chi connectivity index (χ2n) is 4.10. The van der Waals surface area contributed by atoms with Gasteiger partial charge in [-0.2, -0.15) is 0 Å². The molecule has 0 saturated heterocycles. The number of aromatic nitrogens is 1. The summed E-state index contributed by atoms with van der Waals surface area (Å²) in [4.78, 5) is 14.8. The van der Waals surface area contributed by atoms with Crippen LogP contribution in [-0.4, -0.2) is 22.7 Å². The number of carboxylic acids is 1. The zero-order valence-electron chi connectivity index (χ0n) is 11.1. The Balaban J connectivity index is 2.12. The van der Waals surface area contributed by atoms with Crippen molar-refractivity contribution in [2.45, 2.75) is 13.3 Å². The second kappa shape index (κ2) is 6.56. The van der Waals surface area contributed by atoms with E-state index in [9.17, 15) is 4.79 Å². The molecule has 2 rings (SSSR count). The number of carbonyl (C=O) groups is 1. The molecule has 0 atom stereocenters. The molecule has 0 fully saturated rings. The van der Waals surface area contributed by atoms with Gasteiger partial charge in [0.25, 0.3) is 0 Å². The van der Waals surface area contributed by atoms with Crippen LogP contribution in [0, 0.1) is 0 Å². The molecule has 0 bridgehead atoms. The van der Waals surface area contributed by atoms with Crippen LogP contribution in [0.5, 0.6) is 17.2 Å². The predicted octanol–water partition coefficient (Wildman–Crippen LogP) is 3.36. The van der Waals surface area contributed by atoms with Crippen LogP contribution in [0.1, 0.15) is 23.7 Å². The van der Waals surface area contributed by atoms with Crippen LogP contribution in [0.15, 0.2) is 42.7 Å². The zero-order chi connectivity index (χ0) is 14.4. The first kappa shape index (κ1) is 13.9. The summed E-state index contributed by atoms with van der Waals surface area (Å²) in [6.45, 7) is 2.70. The van der Waals surface area contributed by atoms with Crippen molar-refractivity contribution in [2.75, 3.05) is 6.61 Å². The third kappa shape index (κ3) is 3.47. The Morgan fingerprint density at radius 3 is 2.55 bits per heavy atom. The van der Waals surface area contributed by atoms with Crippen LogP contribution < -0.4 is 9.47 Å². The maximum absolute atomic E-state index is 11.0. The van der Waals surface area contributed by atoms with Gasteiger partial charge in [0.15, 0.2) is 0 Å². The highest BCUT2D eigenvalue weighted by molar-refractivity contribution is 5.90. The summed E-state index contributed by atoms with van der Waals surface area (Å²) in [6.07, 6.45) is 3.69. The molecule has 1 aromatic heterocycles. The highest BCUT2D eigenvalue weighted by atomic mass is 16.5. The van der Waals surface area contributed by atoms with Gasteiger partial charge >= 0.3 is 5.97 Å². The number of pyridine rings is 1. The number of nitrogens with zero attached hydrogens (tertiary/aromatic N) is 1. The lowest BCUT2D eigenvalue weighted by atomic mass is 10.2. The van der Waals surface area contributed by atoms with Crippen LogP contribution in [-0.2, 0) is 0 Å². The number of hydrogen-bond donors (Lipinski definition) is 1. The fraction of sp³-hybridized carbons (Fsp3) is 0.200. The van der Waals surface area contributed by atoms with E-state index in [1.807, 2.05) is 6.92 Å². The number of carboxylic acid groups (broad SMARTS) is 1. The summed E-state index contributed by atoms with van der Waals surface area (Å²) in [7, 11) is 0. The Kier molecular flexibility index (Phi) is 4.55. The van der Waals surface area contributed by atoms with E-state index in [1.54, 1.807) is 24.3 Å². The average Bonchev–Trinajstić information content (AvgIpc) is 2.47. The van der Waals surface area contributed by atoms with Gasteiger partial charge in [-0.05, 0) is 30.7 Å². The highest BCUT2D eigenvalue weighted by Gasteiger charge is 2.11. The van der Waals surface area contributed by atoms with Crippen LogP contribution in [0.2, 0.25) is 0 Å². The fourth-order valence-electron chi connectivity index (χ4n) is 1.58. The van der Waals surface area contributed by atoms with Crippen LogP contribution in [0.3, 0.4) is 0 Å². The summed E-state index contributed by atoms with van der Waals surface area (Å²) >= 11 is 0. The fourth-order valence-corrected chi connectivity index (χ4v) is 1.58. The van der Waals surface area contributed by atoms with E-state index in [-0.39, 0.29) is 11.3 Å². The molecule has 0 unspecified atom stereocenters. The molecule has 1 N–H and O–H groups in total. The van der Waals surface area contributed by atoms with Crippen molar-refractivity contribution >= 4 is 5.97 Å². The smallest absolute Gasteiger partial charge is 0.341 e. The van der Waals surface area contributed by atoms with Crippen LogP contribution in [0.4, 0.5) is 0 Å². The van der Waals surface area contributed by atoms with Crippen molar-refractivity contribution in [2.24, 2.45) is 0 Å². The maximum atomic E-state index is 11.0. The average molecular weight is 273 g/mol. The third-order valence-electron chi connectivity index (χ3n) is 2.54. The first-order valence-electron chi connectivity index (χ1n) is 6.28. The Labute approximate surface area is 116 Å². The summed E-state index contributed by atoms with van der Waals surface area (Å²) in [5.74, 6) is 0.487. The topological polar surface area (TPSA) is 68.7 Å². The van der Waals surface area contributed by atoms with Crippen molar-refractivity contribution in [3.05, 3.63) is 48.3 Å². The molecule has 0 saturated carbocycles. The van der Waals surface area contributed by atoms with Gasteiger partial charge in [-0.1, -0.05) is 6.92 Å². The molecule has 0 aliphatic heterocycles. The molecule has 0 radical (unpaired) electrons. The van der Waals surface area contributed by atoms with Crippen molar-refractivity contribution < 1.29 is 19.4 Å². The van der Waals surface area contributed by atoms with Gasteiger partial charge in [0.1, 0.15) is 22.8 Å². The van der Waals surface area contributed by atoms with Crippen LogP contribution in [0.25, 0.3) is 0 Å². The van der Waals surface area contributed by atoms with E-state index in [1.165, 1.54) is 18.5 Å². The second-order valence-corrected chi connectivity index (χ2v) is 4.10. The highest BCUT2D eigenvalue weighted by Crippen LogP contribution is 2.26. The molecule has 104 valence electrons. The van der Waals surface area contributed by atoms with E-state index in [0.29, 0.717) is 12.4 Å². The molecule has 0 aliphatic rings. The molecule has 2 aromatic rings. The zero-order valence-corrected chi connectivity index (χ0v) is 11.1. The van der Waals surface area contributed by atoms with Gasteiger partial charge in [-0.3, -0.25) is 4.98 Å². The van der Waals surface area contributed by atoms with E-state index in [4.69, 9.17) is 14.6 Å². The molecular weight excluding hydrogens is 258 g/mol. The lowest BCUT2D eigenvalue weighted by Gasteiger charge is -2.09. The first-order chi connectivity index (χ1) is 9.70. The molecule has 1 aromatic carbocycles. The first-order valence-corrected chi connectivity index (χ1v) is 6.28. The number of ether oxygens (including phenoxy) is 2. The summed E-state index contributed by atoms with van der Waals surface area (Å²) in [5, 5.41) is 9.04. The lowest BCUT2D eigenvalue weighted by molar-refractivity contribution is 0.0693. The molecule has 1 heterocycles. The summed E-state index contributed by atoms with van der Waals surface area (Å²) in [5.41, 5.74) is 0.0267. The maximum Gasteiger partial charge on any atom is 0.341 e. The standard InChI is InChI=1S/C15H15NO4/c1-2-9-19-11-3-5-12(6-4-11)20-14-7-8-16-10-13(14)15(17)18/h3-8,10H,2,9H2,1H3,(H,17,18). The summed E-state index contributed by atoms with van der Waals surface area (Å²) in [6, 6.07) is 8.55. The normalized spacial score (nSPS) is 10.1. The Bertz CT molecular complexity index is 581. The predicted molar refractivity (Wildman–Crippen MR) is 73.5 cm³/mol. The van der Waals surface area contributed by atoms with Crippen LogP contribution >= 0.6 is 0 Å². The molecule has 0 spiro atoms. The van der Waals surface area contributed by atoms with Gasteiger partial charge < -0.3 is 14.6 Å². The molecule has 5 nitrogen and oxygen atoms in total. The van der Waals surface area contributed by atoms with E-state index in [2.05, 4.69) is 4.98 Å². The van der Waals surface area contributed by atoms with E-state index >= 15 is 0 Å². The molecule has 20 heavy (non-hydrogen) atoms. The van der Waals surface area contributed by atoms with Gasteiger partial charge in [-0.25, -0.2) is 4.79 Å². The Morgan fingerprint density at radius 2 is 1.90 bits per heavy atom. The van der Waals surface area contributed by atoms with Crippen molar-refractivity contribution in [1.29, 1.82) is 0 Å². The molecule has 0 aliphatic carbocycles.